The summed E-state index contributed by atoms with van der Waals surface area (Å²) in [5, 5.41) is 0. The molecule has 0 heterocycles. The van der Waals surface area contributed by atoms with Crippen LogP contribution in [0, 0.1) is 0 Å². The molecule has 1 aromatic rings. The lowest BCUT2D eigenvalue weighted by atomic mass is 10.2. The van der Waals surface area contributed by atoms with Gasteiger partial charge in [0.25, 0.3) is 8.41 Å². The molecule has 0 bridgehead atoms. The second kappa shape index (κ2) is 4.37. The maximum absolute atomic E-state index is 13.1. The summed E-state index contributed by atoms with van der Waals surface area (Å²) in [5.41, 5.74) is 0.464. The van der Waals surface area contributed by atoms with E-state index in [0.717, 1.165) is 0 Å². The minimum Gasteiger partial charge on any atom is -0.462 e. The maximum atomic E-state index is 13.1. The van der Waals surface area contributed by atoms with Gasteiger partial charge in [0.2, 0.25) is 0 Å². The lowest BCUT2D eigenvalue weighted by Gasteiger charge is -2.11. The molecule has 14 heavy (non-hydrogen) atoms. The number of carbonyl (C=O) groups excluding carboxylic acids is 1. The summed E-state index contributed by atoms with van der Waals surface area (Å²) >= 11 is 0. The molecule has 0 amide bonds. The van der Waals surface area contributed by atoms with Crippen LogP contribution in [0.25, 0.3) is 0 Å². The first-order valence-corrected chi connectivity index (χ1v) is 7.49. The van der Waals surface area contributed by atoms with Crippen LogP contribution in [-0.2, 0) is 4.74 Å². The Morgan fingerprint density at radius 2 is 1.93 bits per heavy atom. The Hall–Kier alpha value is -1.16. The molecule has 0 atom stereocenters. The smallest absolute Gasteiger partial charge is 0.337 e. The zero-order chi connectivity index (χ0) is 10.6. The van der Waals surface area contributed by atoms with Gasteiger partial charge in [-0.25, -0.2) is 4.79 Å². The predicted molar refractivity (Wildman–Crippen MR) is 55.3 cm³/mol. The summed E-state index contributed by atoms with van der Waals surface area (Å²) < 4.78 is 18.0. The van der Waals surface area contributed by atoms with Crippen LogP contribution in [0.1, 0.15) is 10.4 Å². The molecule has 0 aromatic heterocycles. The third-order valence-electron chi connectivity index (χ3n) is 1.56. The predicted octanol–water partition coefficient (Wildman–Crippen LogP) is 2.56. The molecule has 1 rings (SSSR count). The number of hydrogen-bond donors (Lipinski definition) is 0. The molecular weight excluding hydrogens is 199 g/mol. The highest BCUT2D eigenvalue weighted by atomic mass is 28.4. The minimum atomic E-state index is -2.80. The highest BCUT2D eigenvalue weighted by Gasteiger charge is 2.23. The van der Waals surface area contributed by atoms with E-state index in [1.165, 1.54) is 13.1 Å². The second-order valence-electron chi connectivity index (χ2n) is 3.66. The van der Waals surface area contributed by atoms with E-state index in [1.54, 1.807) is 24.3 Å². The van der Waals surface area contributed by atoms with Gasteiger partial charge in [0.15, 0.2) is 0 Å². The Labute approximate surface area is 83.9 Å². The van der Waals surface area contributed by atoms with E-state index in [4.69, 9.17) is 4.74 Å². The molecule has 0 radical (unpaired) electrons. The van der Waals surface area contributed by atoms with Gasteiger partial charge < -0.3 is 8.84 Å². The molecule has 0 fully saturated rings. The average Bonchev–Trinajstić information content (AvgIpc) is 2.14. The number of rotatable bonds is 3. The lowest BCUT2D eigenvalue weighted by molar-refractivity contribution is 0.0559. The molecule has 2 nitrogen and oxygen atoms in total. The Balaban J connectivity index is 2.52. The molecule has 76 valence electrons. The van der Waals surface area contributed by atoms with Crippen LogP contribution in [0.3, 0.4) is 0 Å². The Morgan fingerprint density at radius 1 is 1.36 bits per heavy atom. The minimum absolute atomic E-state index is 0.0826. The first kappa shape index (κ1) is 10.9. The van der Waals surface area contributed by atoms with Crippen molar-refractivity contribution in [3.8, 4) is 0 Å². The van der Waals surface area contributed by atoms with Crippen LogP contribution in [0.15, 0.2) is 30.3 Å². The monoisotopic (exact) mass is 212 g/mol. The van der Waals surface area contributed by atoms with Crippen molar-refractivity contribution in [3.63, 3.8) is 0 Å². The normalized spacial score (nSPS) is 11.1. The van der Waals surface area contributed by atoms with Gasteiger partial charge in [-0.1, -0.05) is 18.2 Å². The highest BCUT2D eigenvalue weighted by molar-refractivity contribution is 6.70. The molecule has 4 heteroatoms. The zero-order valence-corrected chi connectivity index (χ0v) is 9.29. The molecule has 0 saturated heterocycles. The van der Waals surface area contributed by atoms with E-state index in [-0.39, 0.29) is 6.23 Å². The zero-order valence-electron chi connectivity index (χ0n) is 8.29. The Bertz CT molecular complexity index is 306. The summed E-state index contributed by atoms with van der Waals surface area (Å²) in [6.45, 7) is 3.01. The maximum Gasteiger partial charge on any atom is 0.337 e. The Kier molecular flexibility index (Phi) is 3.41. The number of esters is 1. The third-order valence-corrected chi connectivity index (χ3v) is 2.39. The van der Waals surface area contributed by atoms with Gasteiger partial charge in [0.05, 0.1) is 5.56 Å². The molecule has 0 aliphatic heterocycles. The number of halogens is 1. The van der Waals surface area contributed by atoms with Crippen molar-refractivity contribution in [2.24, 2.45) is 0 Å². The van der Waals surface area contributed by atoms with Crippen molar-refractivity contribution in [1.82, 2.24) is 0 Å². The van der Waals surface area contributed by atoms with E-state index in [9.17, 15) is 8.90 Å². The Morgan fingerprint density at radius 3 is 2.43 bits per heavy atom. The lowest BCUT2D eigenvalue weighted by Crippen LogP contribution is -2.28. The van der Waals surface area contributed by atoms with E-state index in [2.05, 4.69) is 0 Å². The first-order chi connectivity index (χ1) is 6.49. The van der Waals surface area contributed by atoms with Crippen molar-refractivity contribution in [1.29, 1.82) is 0 Å². The van der Waals surface area contributed by atoms with E-state index in [0.29, 0.717) is 5.56 Å². The van der Waals surface area contributed by atoms with Gasteiger partial charge in [-0.15, -0.1) is 0 Å². The van der Waals surface area contributed by atoms with Gasteiger partial charge in [-0.2, -0.15) is 0 Å². The largest absolute Gasteiger partial charge is 0.462 e. The van der Waals surface area contributed by atoms with E-state index >= 15 is 0 Å². The third kappa shape index (κ3) is 3.70. The van der Waals surface area contributed by atoms with Crippen LogP contribution >= 0.6 is 0 Å². The van der Waals surface area contributed by atoms with Gasteiger partial charge in [0, 0.05) is 0 Å². The average molecular weight is 212 g/mol. The van der Waals surface area contributed by atoms with Gasteiger partial charge in [0.1, 0.15) is 6.23 Å². The fraction of sp³-hybridized carbons (Fsp3) is 0.300. The molecule has 0 spiro atoms. The molecular formula is C10H13FO2Si. The van der Waals surface area contributed by atoms with Crippen molar-refractivity contribution in [3.05, 3.63) is 35.9 Å². The summed E-state index contributed by atoms with van der Waals surface area (Å²) in [4.78, 5) is 11.3. The van der Waals surface area contributed by atoms with Crippen molar-refractivity contribution in [2.75, 3.05) is 6.23 Å². The number of hydrogen-bond acceptors (Lipinski definition) is 2. The van der Waals surface area contributed by atoms with Crippen molar-refractivity contribution in [2.45, 2.75) is 13.1 Å². The van der Waals surface area contributed by atoms with Crippen molar-refractivity contribution >= 4 is 14.4 Å². The SMILES string of the molecule is C[Si](C)(F)COC(=O)c1ccccc1. The summed E-state index contributed by atoms with van der Waals surface area (Å²) in [6, 6.07) is 8.60. The van der Waals surface area contributed by atoms with Crippen LogP contribution in [0.4, 0.5) is 4.11 Å². The van der Waals surface area contributed by atoms with Gasteiger partial charge >= 0.3 is 5.97 Å². The van der Waals surface area contributed by atoms with Gasteiger partial charge in [-0.3, -0.25) is 0 Å². The molecule has 0 saturated carbocycles. The highest BCUT2D eigenvalue weighted by Crippen LogP contribution is 2.06. The van der Waals surface area contributed by atoms with Crippen LogP contribution in [0.2, 0.25) is 13.1 Å². The quantitative estimate of drug-likeness (QED) is 0.437. The number of carbonyl (C=O) groups is 1. The standard InChI is InChI=1S/C10H13FO2Si/c1-14(2,11)8-13-10(12)9-6-4-3-5-7-9/h3-7H,8H2,1-2H3. The number of benzene rings is 1. The second-order valence-corrected chi connectivity index (χ2v) is 7.39. The summed E-state index contributed by atoms with van der Waals surface area (Å²) in [5.74, 6) is -0.455. The molecule has 0 unspecified atom stereocenters. The van der Waals surface area contributed by atoms with Crippen LogP contribution in [0.5, 0.6) is 0 Å². The summed E-state index contributed by atoms with van der Waals surface area (Å²) in [7, 11) is -2.80. The van der Waals surface area contributed by atoms with Crippen molar-refractivity contribution < 1.29 is 13.6 Å². The van der Waals surface area contributed by atoms with E-state index in [1.807, 2.05) is 6.07 Å². The topological polar surface area (TPSA) is 26.3 Å². The molecule has 0 N–H and O–H groups in total. The first-order valence-electron chi connectivity index (χ1n) is 4.40. The van der Waals surface area contributed by atoms with Crippen LogP contribution in [-0.4, -0.2) is 20.6 Å². The molecule has 1 aromatic carbocycles. The molecule has 0 aliphatic carbocycles. The fourth-order valence-corrected chi connectivity index (χ4v) is 1.37. The number of ether oxygens (including phenoxy) is 1. The fourth-order valence-electron chi connectivity index (χ4n) is 0.895. The summed E-state index contributed by atoms with van der Waals surface area (Å²) in [6.07, 6.45) is -0.0826. The van der Waals surface area contributed by atoms with E-state index < -0.39 is 14.4 Å². The molecule has 0 aliphatic rings. The van der Waals surface area contributed by atoms with Gasteiger partial charge in [-0.05, 0) is 25.2 Å². The van der Waals surface area contributed by atoms with Crippen LogP contribution < -0.4 is 0 Å².